The van der Waals surface area contributed by atoms with Gasteiger partial charge in [0.15, 0.2) is 5.78 Å². The number of methoxy groups -OCH3 is 1. The first kappa shape index (κ1) is 27.3. The molecule has 4 aromatic rings. The topological polar surface area (TPSA) is 133 Å². The minimum atomic E-state index is -1.09. The molecule has 0 aliphatic rings. The number of carboxylic acids is 1. The lowest BCUT2D eigenvalue weighted by molar-refractivity contribution is -0.119. The zero-order valence-electron chi connectivity index (χ0n) is 21.3. The van der Waals surface area contributed by atoms with Crippen LogP contribution in [0.5, 0.6) is 5.75 Å². The molecule has 1 atom stereocenters. The molecular formula is C28H25ClN4O6. The largest absolute Gasteiger partial charge is 0.495 e. The first-order valence-electron chi connectivity index (χ1n) is 11.8. The Kier molecular flexibility index (Phi) is 7.96. The maximum atomic E-state index is 13.5. The molecular weight excluding hydrogens is 524 g/mol. The highest BCUT2D eigenvalue weighted by Gasteiger charge is 2.26. The summed E-state index contributed by atoms with van der Waals surface area (Å²) in [6, 6.07) is 12.4. The number of carbonyl (C=O) groups excluding carboxylic acids is 2. The number of hydrogen-bond donors (Lipinski definition) is 2. The van der Waals surface area contributed by atoms with Crippen LogP contribution in [0.2, 0.25) is 5.02 Å². The smallest absolute Gasteiger partial charge is 0.335 e. The fourth-order valence-corrected chi connectivity index (χ4v) is 4.37. The molecule has 2 aromatic carbocycles. The Labute approximate surface area is 228 Å². The van der Waals surface area contributed by atoms with Gasteiger partial charge in [-0.1, -0.05) is 11.6 Å². The maximum Gasteiger partial charge on any atom is 0.335 e. The second kappa shape index (κ2) is 11.4. The second-order valence-corrected chi connectivity index (χ2v) is 9.26. The van der Waals surface area contributed by atoms with Crippen LogP contribution in [0.25, 0.3) is 11.1 Å². The summed E-state index contributed by atoms with van der Waals surface area (Å²) in [7, 11) is 3.16. The summed E-state index contributed by atoms with van der Waals surface area (Å²) in [4.78, 5) is 50.4. The molecule has 0 bridgehead atoms. The van der Waals surface area contributed by atoms with Crippen LogP contribution < -0.4 is 15.6 Å². The highest BCUT2D eigenvalue weighted by Crippen LogP contribution is 2.34. The second-order valence-electron chi connectivity index (χ2n) is 8.82. The molecule has 0 fully saturated rings. The third-order valence-electron chi connectivity index (χ3n) is 6.12. The van der Waals surface area contributed by atoms with Gasteiger partial charge in [-0.25, -0.2) is 4.79 Å². The fourth-order valence-electron chi connectivity index (χ4n) is 4.20. The molecule has 2 N–H and O–H groups in total. The first-order valence-corrected chi connectivity index (χ1v) is 12.2. The van der Waals surface area contributed by atoms with E-state index in [0.717, 1.165) is 0 Å². The van der Waals surface area contributed by atoms with Crippen LogP contribution in [0.3, 0.4) is 0 Å². The quantitative estimate of drug-likeness (QED) is 0.299. The van der Waals surface area contributed by atoms with E-state index in [2.05, 4.69) is 10.4 Å². The van der Waals surface area contributed by atoms with E-state index in [1.54, 1.807) is 42.2 Å². The standard InChI is InChI=1S/C28H25ClN4O6/c1-16(34)21-9-6-18(29)12-22(21)23-14-26(35)33(15-25(23)39-3)24(13-20-10-11-32(2)31-20)27(36)30-19-7-4-17(5-8-19)28(37)38/h4-12,14-15,24H,13H2,1-3H3,(H,30,36)(H,37,38). The number of carboxylic acid groups (broad SMARTS) is 1. The number of Topliss-reactive ketones (excluding diaryl/α,β-unsaturated/α-hetero) is 1. The van der Waals surface area contributed by atoms with Crippen molar-refractivity contribution in [2.24, 2.45) is 7.05 Å². The van der Waals surface area contributed by atoms with Gasteiger partial charge in [0.2, 0.25) is 5.91 Å². The predicted octanol–water partition coefficient (Wildman–Crippen LogP) is 4.23. The Morgan fingerprint density at radius 1 is 1.08 bits per heavy atom. The van der Waals surface area contributed by atoms with Crippen LogP contribution in [0.15, 0.2) is 71.8 Å². The Morgan fingerprint density at radius 3 is 2.38 bits per heavy atom. The Morgan fingerprint density at radius 2 is 1.79 bits per heavy atom. The number of aromatic nitrogens is 3. The molecule has 0 saturated carbocycles. The summed E-state index contributed by atoms with van der Waals surface area (Å²) in [5.74, 6) is -1.57. The van der Waals surface area contributed by atoms with E-state index < -0.39 is 23.5 Å². The summed E-state index contributed by atoms with van der Waals surface area (Å²) in [6.45, 7) is 1.41. The number of ketones is 1. The highest BCUT2D eigenvalue weighted by atomic mass is 35.5. The van der Waals surface area contributed by atoms with Gasteiger partial charge in [0.1, 0.15) is 11.8 Å². The van der Waals surface area contributed by atoms with Gasteiger partial charge < -0.3 is 15.2 Å². The average Bonchev–Trinajstić information content (AvgIpc) is 3.31. The zero-order valence-corrected chi connectivity index (χ0v) is 22.1. The van der Waals surface area contributed by atoms with E-state index in [4.69, 9.17) is 21.4 Å². The summed E-state index contributed by atoms with van der Waals surface area (Å²) in [6.07, 6.45) is 3.23. The van der Waals surface area contributed by atoms with E-state index in [1.165, 1.54) is 55.1 Å². The van der Waals surface area contributed by atoms with Crippen molar-refractivity contribution in [1.82, 2.24) is 14.3 Å². The van der Waals surface area contributed by atoms with Crippen molar-refractivity contribution in [2.45, 2.75) is 19.4 Å². The molecule has 1 unspecified atom stereocenters. The molecule has 11 heteroatoms. The van der Waals surface area contributed by atoms with E-state index in [0.29, 0.717) is 33.1 Å². The molecule has 4 rings (SSSR count). The summed E-state index contributed by atoms with van der Waals surface area (Å²) < 4.78 is 8.42. The van der Waals surface area contributed by atoms with Crippen molar-refractivity contribution in [1.29, 1.82) is 0 Å². The molecule has 0 saturated heterocycles. The fraction of sp³-hybridized carbons (Fsp3) is 0.179. The number of aromatic carboxylic acids is 1. The monoisotopic (exact) mass is 548 g/mol. The number of hydrogen-bond acceptors (Lipinski definition) is 6. The van der Waals surface area contributed by atoms with Gasteiger partial charge in [0.05, 0.1) is 24.6 Å². The van der Waals surface area contributed by atoms with Crippen LogP contribution in [0, 0.1) is 0 Å². The van der Waals surface area contributed by atoms with E-state index >= 15 is 0 Å². The lowest BCUT2D eigenvalue weighted by Gasteiger charge is -2.21. The maximum absolute atomic E-state index is 13.5. The number of pyridine rings is 1. The molecule has 1 amide bonds. The van der Waals surface area contributed by atoms with Gasteiger partial charge in [-0.3, -0.25) is 23.6 Å². The predicted molar refractivity (Wildman–Crippen MR) is 146 cm³/mol. The molecule has 39 heavy (non-hydrogen) atoms. The molecule has 10 nitrogen and oxygen atoms in total. The van der Waals surface area contributed by atoms with Crippen molar-refractivity contribution in [3.63, 3.8) is 0 Å². The Bertz CT molecular complexity index is 1620. The number of halogens is 1. The number of benzene rings is 2. The van der Waals surface area contributed by atoms with Crippen molar-refractivity contribution in [2.75, 3.05) is 12.4 Å². The average molecular weight is 549 g/mol. The van der Waals surface area contributed by atoms with Crippen LogP contribution in [0.1, 0.15) is 39.4 Å². The van der Waals surface area contributed by atoms with Crippen LogP contribution in [-0.4, -0.2) is 44.2 Å². The minimum Gasteiger partial charge on any atom is -0.495 e. The van der Waals surface area contributed by atoms with E-state index in [1.807, 2.05) is 0 Å². The van der Waals surface area contributed by atoms with Crippen molar-refractivity contribution in [3.05, 3.63) is 99.2 Å². The molecule has 0 radical (unpaired) electrons. The minimum absolute atomic E-state index is 0.0699. The van der Waals surface area contributed by atoms with Crippen LogP contribution in [0.4, 0.5) is 5.69 Å². The normalized spacial score (nSPS) is 11.6. The summed E-state index contributed by atoms with van der Waals surface area (Å²) in [5, 5.41) is 16.6. The molecule has 200 valence electrons. The molecule has 2 aromatic heterocycles. The van der Waals surface area contributed by atoms with Crippen LogP contribution >= 0.6 is 11.6 Å². The van der Waals surface area contributed by atoms with E-state index in [-0.39, 0.29) is 23.5 Å². The first-order chi connectivity index (χ1) is 18.6. The number of amides is 1. The Balaban J connectivity index is 1.79. The van der Waals surface area contributed by atoms with Crippen LogP contribution in [-0.2, 0) is 18.3 Å². The number of anilines is 1. The van der Waals surface area contributed by atoms with Gasteiger partial charge in [-0.15, -0.1) is 0 Å². The van der Waals surface area contributed by atoms with Gasteiger partial charge >= 0.3 is 5.97 Å². The summed E-state index contributed by atoms with van der Waals surface area (Å²) >= 11 is 6.20. The molecule has 0 aliphatic carbocycles. The van der Waals surface area contributed by atoms with Gasteiger partial charge in [-0.05, 0) is 61.0 Å². The number of carbonyl (C=O) groups is 3. The van der Waals surface area contributed by atoms with Crippen molar-refractivity contribution in [3.8, 4) is 16.9 Å². The molecule has 0 aliphatic heterocycles. The number of rotatable bonds is 9. The van der Waals surface area contributed by atoms with E-state index in [9.17, 15) is 19.2 Å². The lowest BCUT2D eigenvalue weighted by Crippen LogP contribution is -2.34. The SMILES string of the molecule is COc1cn(C(Cc2ccn(C)n2)C(=O)Nc2ccc(C(=O)O)cc2)c(=O)cc1-c1cc(Cl)ccc1C(C)=O. The van der Waals surface area contributed by atoms with Gasteiger partial charge in [-0.2, -0.15) is 5.10 Å². The molecule has 2 heterocycles. The zero-order chi connectivity index (χ0) is 28.3. The Hall–Kier alpha value is -4.70. The third kappa shape index (κ3) is 6.07. The number of nitrogens with zero attached hydrogens (tertiary/aromatic N) is 3. The number of ether oxygens (including phenoxy) is 1. The summed E-state index contributed by atoms with van der Waals surface area (Å²) in [5.41, 5.74) is 1.63. The lowest BCUT2D eigenvalue weighted by atomic mass is 9.97. The number of nitrogens with one attached hydrogen (secondary N) is 1. The van der Waals surface area contributed by atoms with Gasteiger partial charge in [0.25, 0.3) is 5.56 Å². The molecule has 0 spiro atoms. The highest BCUT2D eigenvalue weighted by molar-refractivity contribution is 6.31. The van der Waals surface area contributed by atoms with Gasteiger partial charge in [0, 0.05) is 47.6 Å². The third-order valence-corrected chi connectivity index (χ3v) is 6.36. The van der Waals surface area contributed by atoms with Crippen molar-refractivity contribution >= 4 is 34.9 Å². The van der Waals surface area contributed by atoms with Crippen molar-refractivity contribution < 1.29 is 24.2 Å². The number of aryl methyl sites for hydroxylation is 1.